The maximum absolute atomic E-state index is 13.4. The SMILES string of the molecule is CC(=O)N(Sc1nc(-c2cccc(N(C(=O)OC(C)(C)C)C3CCNCC3)c2)cs1)C1CCN(Cc2ccc(Cl)c(Cl)c2)CC1. The highest BCUT2D eigenvalue weighted by Crippen LogP contribution is 2.36. The summed E-state index contributed by atoms with van der Waals surface area (Å²) in [6.45, 7) is 11.6. The van der Waals surface area contributed by atoms with Gasteiger partial charge in [0.1, 0.15) is 5.60 Å². The molecule has 0 bridgehead atoms. The molecule has 5 rings (SSSR count). The number of hydrogen-bond acceptors (Lipinski definition) is 8. The molecule has 0 aliphatic carbocycles. The number of likely N-dealkylation sites (tertiary alicyclic amines) is 1. The molecule has 0 atom stereocenters. The van der Waals surface area contributed by atoms with E-state index in [1.165, 1.54) is 23.3 Å². The van der Waals surface area contributed by atoms with Crippen molar-refractivity contribution in [1.82, 2.24) is 19.5 Å². The lowest BCUT2D eigenvalue weighted by atomic mass is 10.0. The summed E-state index contributed by atoms with van der Waals surface area (Å²) in [7, 11) is 0. The summed E-state index contributed by atoms with van der Waals surface area (Å²) in [6.07, 6.45) is 3.14. The first-order valence-corrected chi connectivity index (χ1v) is 17.8. The molecule has 45 heavy (non-hydrogen) atoms. The van der Waals surface area contributed by atoms with E-state index in [9.17, 15) is 9.59 Å². The molecule has 0 unspecified atom stereocenters. The smallest absolute Gasteiger partial charge is 0.415 e. The number of benzene rings is 2. The second kappa shape index (κ2) is 15.0. The quantitative estimate of drug-likeness (QED) is 0.239. The summed E-state index contributed by atoms with van der Waals surface area (Å²) < 4.78 is 8.52. The second-order valence-electron chi connectivity index (χ2n) is 12.6. The van der Waals surface area contributed by atoms with Gasteiger partial charge in [0.15, 0.2) is 4.34 Å². The van der Waals surface area contributed by atoms with Gasteiger partial charge in [-0.25, -0.2) is 9.78 Å². The van der Waals surface area contributed by atoms with E-state index in [0.29, 0.717) is 10.0 Å². The Hall–Kier alpha value is -2.34. The van der Waals surface area contributed by atoms with Crippen molar-refractivity contribution in [2.75, 3.05) is 31.1 Å². The number of aromatic nitrogens is 1. The Morgan fingerprint density at radius 2 is 1.78 bits per heavy atom. The molecule has 2 saturated heterocycles. The lowest BCUT2D eigenvalue weighted by Crippen LogP contribution is -2.48. The van der Waals surface area contributed by atoms with Crippen molar-refractivity contribution in [2.45, 2.75) is 81.9 Å². The highest BCUT2D eigenvalue weighted by Gasteiger charge is 2.32. The van der Waals surface area contributed by atoms with Crippen molar-refractivity contribution in [2.24, 2.45) is 0 Å². The van der Waals surface area contributed by atoms with E-state index in [1.807, 2.05) is 77.8 Å². The molecule has 3 aromatic rings. The molecule has 2 aliphatic heterocycles. The van der Waals surface area contributed by atoms with Crippen LogP contribution in [-0.4, -0.2) is 70.1 Å². The summed E-state index contributed by atoms with van der Waals surface area (Å²) in [5, 5.41) is 6.53. The van der Waals surface area contributed by atoms with Crippen LogP contribution >= 0.6 is 46.5 Å². The van der Waals surface area contributed by atoms with E-state index in [4.69, 9.17) is 32.9 Å². The molecule has 0 saturated carbocycles. The number of nitrogens with one attached hydrogen (secondary N) is 1. The summed E-state index contributed by atoms with van der Waals surface area (Å²) in [6, 6.07) is 13.9. The fourth-order valence-electron chi connectivity index (χ4n) is 5.78. The van der Waals surface area contributed by atoms with Gasteiger partial charge in [-0.1, -0.05) is 41.4 Å². The number of carbonyl (C=O) groups is 2. The van der Waals surface area contributed by atoms with Crippen LogP contribution in [0, 0.1) is 0 Å². The van der Waals surface area contributed by atoms with Gasteiger partial charge in [0.2, 0.25) is 5.91 Å². The van der Waals surface area contributed by atoms with E-state index >= 15 is 0 Å². The van der Waals surface area contributed by atoms with Crippen LogP contribution in [0.2, 0.25) is 10.0 Å². The van der Waals surface area contributed by atoms with Crippen LogP contribution in [0.5, 0.6) is 0 Å². The number of nitrogens with zero attached hydrogens (tertiary/aromatic N) is 4. The molecule has 0 radical (unpaired) electrons. The highest BCUT2D eigenvalue weighted by atomic mass is 35.5. The highest BCUT2D eigenvalue weighted by molar-refractivity contribution is 7.99. The van der Waals surface area contributed by atoms with Crippen molar-refractivity contribution in [1.29, 1.82) is 0 Å². The second-order valence-corrected chi connectivity index (χ2v) is 15.5. The number of piperidine rings is 2. The molecule has 3 heterocycles. The van der Waals surface area contributed by atoms with E-state index in [1.54, 1.807) is 6.92 Å². The van der Waals surface area contributed by atoms with Crippen LogP contribution in [0.1, 0.15) is 58.9 Å². The van der Waals surface area contributed by atoms with Crippen molar-refractivity contribution in [3.8, 4) is 11.3 Å². The van der Waals surface area contributed by atoms with E-state index in [0.717, 1.165) is 85.3 Å². The molecular weight excluding hydrogens is 649 g/mol. The van der Waals surface area contributed by atoms with Gasteiger partial charge in [-0.3, -0.25) is 18.9 Å². The van der Waals surface area contributed by atoms with Crippen molar-refractivity contribution in [3.05, 3.63) is 63.5 Å². The van der Waals surface area contributed by atoms with E-state index < -0.39 is 5.60 Å². The number of ether oxygens (including phenoxy) is 1. The Kier molecular flexibility index (Phi) is 11.4. The molecule has 8 nitrogen and oxygen atoms in total. The largest absolute Gasteiger partial charge is 0.443 e. The van der Waals surface area contributed by atoms with Crippen LogP contribution < -0.4 is 10.2 Å². The number of anilines is 1. The fraction of sp³-hybridized carbons (Fsp3) is 0.485. The zero-order valence-electron chi connectivity index (χ0n) is 26.2. The summed E-state index contributed by atoms with van der Waals surface area (Å²) >= 11 is 15.2. The van der Waals surface area contributed by atoms with Gasteiger partial charge in [0, 0.05) is 67.2 Å². The number of carbonyl (C=O) groups excluding carboxylic acids is 2. The number of thiazole rings is 1. The molecule has 242 valence electrons. The lowest BCUT2D eigenvalue weighted by Gasteiger charge is -2.37. The van der Waals surface area contributed by atoms with Gasteiger partial charge in [-0.05, 0) is 89.4 Å². The van der Waals surface area contributed by atoms with Crippen molar-refractivity contribution < 1.29 is 14.3 Å². The standard InChI is InChI=1S/C33H41Cl2N5O3S2/c1-22(41)40(26-12-16-38(17-13-26)20-23-8-9-28(34)29(35)18-23)45-31-37-30(21-44-31)24-6-5-7-27(19-24)39(25-10-14-36-15-11-25)32(42)43-33(2,3)4/h5-9,18-19,21,25-26,36H,10-17,20H2,1-4H3. The minimum atomic E-state index is -0.592. The number of amides is 2. The first-order chi connectivity index (χ1) is 21.5. The third-order valence-corrected chi connectivity index (χ3v) is 10.8. The monoisotopic (exact) mass is 689 g/mol. The van der Waals surface area contributed by atoms with Gasteiger partial charge in [-0.15, -0.1) is 11.3 Å². The van der Waals surface area contributed by atoms with Gasteiger partial charge in [0.25, 0.3) is 0 Å². The van der Waals surface area contributed by atoms with Crippen LogP contribution in [0.3, 0.4) is 0 Å². The first-order valence-electron chi connectivity index (χ1n) is 15.4. The van der Waals surface area contributed by atoms with Gasteiger partial charge < -0.3 is 10.1 Å². The molecule has 2 aliphatic rings. The molecule has 2 fully saturated rings. The fourth-order valence-corrected chi connectivity index (χ4v) is 8.00. The topological polar surface area (TPSA) is 78.0 Å². The minimum absolute atomic E-state index is 0.0247. The molecular formula is C33H41Cl2N5O3S2. The average Bonchev–Trinajstić information content (AvgIpc) is 3.47. The maximum atomic E-state index is 13.4. The zero-order chi connectivity index (χ0) is 32.1. The maximum Gasteiger partial charge on any atom is 0.415 e. The lowest BCUT2D eigenvalue weighted by molar-refractivity contribution is -0.125. The number of hydrogen-bond donors (Lipinski definition) is 1. The summed E-state index contributed by atoms with van der Waals surface area (Å²) in [5.74, 6) is 0.0247. The number of rotatable bonds is 8. The van der Waals surface area contributed by atoms with Gasteiger partial charge in [0.05, 0.1) is 15.7 Å². The van der Waals surface area contributed by atoms with Crippen LogP contribution in [0.4, 0.5) is 10.5 Å². The Bertz CT molecular complexity index is 1480. The van der Waals surface area contributed by atoms with Crippen LogP contribution in [-0.2, 0) is 16.1 Å². The molecule has 2 amide bonds. The van der Waals surface area contributed by atoms with Crippen LogP contribution in [0.15, 0.2) is 52.2 Å². The van der Waals surface area contributed by atoms with E-state index in [2.05, 4.69) is 10.2 Å². The zero-order valence-corrected chi connectivity index (χ0v) is 29.4. The van der Waals surface area contributed by atoms with E-state index in [-0.39, 0.29) is 24.1 Å². The summed E-state index contributed by atoms with van der Waals surface area (Å²) in [4.78, 5) is 35.3. The third-order valence-electron chi connectivity index (χ3n) is 7.93. The predicted molar refractivity (Wildman–Crippen MR) is 185 cm³/mol. The Balaban J connectivity index is 1.26. The minimum Gasteiger partial charge on any atom is -0.443 e. The molecule has 0 spiro atoms. The summed E-state index contributed by atoms with van der Waals surface area (Å²) in [5.41, 5.74) is 3.08. The molecule has 12 heteroatoms. The average molecular weight is 691 g/mol. The number of halogens is 2. The Morgan fingerprint density at radius 1 is 1.04 bits per heavy atom. The molecule has 2 aromatic carbocycles. The third kappa shape index (κ3) is 9.14. The van der Waals surface area contributed by atoms with Gasteiger partial charge in [-0.2, -0.15) is 0 Å². The normalized spacial score (nSPS) is 16.8. The molecule has 1 N–H and O–H groups in total. The molecule has 1 aromatic heterocycles. The first kappa shape index (κ1) is 34.0. The Morgan fingerprint density at radius 3 is 2.44 bits per heavy atom. The Labute approximate surface area is 284 Å². The predicted octanol–water partition coefficient (Wildman–Crippen LogP) is 8.13. The van der Waals surface area contributed by atoms with Crippen molar-refractivity contribution in [3.63, 3.8) is 0 Å². The van der Waals surface area contributed by atoms with Crippen molar-refractivity contribution >= 4 is 64.2 Å². The van der Waals surface area contributed by atoms with Gasteiger partial charge >= 0.3 is 6.09 Å². The van der Waals surface area contributed by atoms with Crippen LogP contribution in [0.25, 0.3) is 11.3 Å².